The number of likely N-dealkylation sites (tertiary alicyclic amines) is 1. The van der Waals surface area contributed by atoms with Crippen molar-refractivity contribution in [2.45, 2.75) is 44.7 Å². The Morgan fingerprint density at radius 3 is 2.89 bits per heavy atom. The molecule has 18 heavy (non-hydrogen) atoms. The van der Waals surface area contributed by atoms with Crippen molar-refractivity contribution in [3.8, 4) is 0 Å². The van der Waals surface area contributed by atoms with E-state index in [1.54, 1.807) is 0 Å². The molecule has 0 bridgehead atoms. The molecule has 0 spiro atoms. The third kappa shape index (κ3) is 3.85. The second-order valence-corrected chi connectivity index (χ2v) is 5.00. The van der Waals surface area contributed by atoms with Crippen LogP contribution in [-0.2, 0) is 9.59 Å². The molecule has 2 saturated heterocycles. The lowest BCUT2D eigenvalue weighted by Gasteiger charge is -2.23. The van der Waals surface area contributed by atoms with E-state index in [9.17, 15) is 9.59 Å². The zero-order chi connectivity index (χ0) is 12.3. The number of carbonyl (C=O) groups is 2. The molecule has 0 aromatic rings. The van der Waals surface area contributed by atoms with Gasteiger partial charge >= 0.3 is 0 Å². The van der Waals surface area contributed by atoms with Crippen LogP contribution in [0.15, 0.2) is 0 Å². The predicted octanol–water partition coefficient (Wildman–Crippen LogP) is 0.287. The number of nitrogens with zero attached hydrogens (tertiary/aromatic N) is 1. The van der Waals surface area contributed by atoms with Gasteiger partial charge in [-0.2, -0.15) is 0 Å². The summed E-state index contributed by atoms with van der Waals surface area (Å²) >= 11 is 0. The van der Waals surface area contributed by atoms with Gasteiger partial charge in [-0.25, -0.2) is 0 Å². The summed E-state index contributed by atoms with van der Waals surface area (Å²) in [6, 6.07) is -0.00122. The Morgan fingerprint density at radius 1 is 1.56 bits per heavy atom. The van der Waals surface area contributed by atoms with Gasteiger partial charge in [0.2, 0.25) is 11.8 Å². The van der Waals surface area contributed by atoms with Crippen LogP contribution in [0.4, 0.5) is 0 Å². The van der Waals surface area contributed by atoms with Crippen LogP contribution in [-0.4, -0.2) is 48.4 Å². The molecule has 2 atom stereocenters. The molecule has 0 radical (unpaired) electrons. The van der Waals surface area contributed by atoms with Gasteiger partial charge in [0.05, 0.1) is 6.04 Å². The summed E-state index contributed by atoms with van der Waals surface area (Å²) in [6.07, 6.45) is 3.59. The van der Waals surface area contributed by atoms with Gasteiger partial charge in [0, 0.05) is 25.6 Å². The Kier molecular flexibility index (Phi) is 5.88. The molecule has 0 aromatic heterocycles. The highest BCUT2D eigenvalue weighted by Crippen LogP contribution is 2.10. The fourth-order valence-corrected chi connectivity index (χ4v) is 2.53. The Bertz CT molecular complexity index is 306. The molecule has 5 nitrogen and oxygen atoms in total. The first-order valence-electron chi connectivity index (χ1n) is 6.48. The number of halogens is 1. The summed E-state index contributed by atoms with van der Waals surface area (Å²) in [6.45, 7) is 4.35. The van der Waals surface area contributed by atoms with Crippen LogP contribution in [0.2, 0.25) is 0 Å². The molecule has 0 saturated carbocycles. The average Bonchev–Trinajstić information content (AvgIpc) is 2.90. The van der Waals surface area contributed by atoms with E-state index in [0.29, 0.717) is 13.0 Å². The van der Waals surface area contributed by atoms with E-state index in [1.165, 1.54) is 0 Å². The van der Waals surface area contributed by atoms with E-state index >= 15 is 0 Å². The fourth-order valence-electron chi connectivity index (χ4n) is 2.53. The second-order valence-electron chi connectivity index (χ2n) is 5.00. The van der Waals surface area contributed by atoms with E-state index < -0.39 is 0 Å². The van der Waals surface area contributed by atoms with Crippen LogP contribution in [0, 0.1) is 0 Å². The summed E-state index contributed by atoms with van der Waals surface area (Å²) in [5, 5.41) is 6.15. The molecular weight excluding hydrogens is 254 g/mol. The molecule has 2 aliphatic rings. The lowest BCUT2D eigenvalue weighted by molar-refractivity contribution is -0.129. The standard InChI is InChI=1S/C12H21N3O2.ClH/c1-9(8-15-7-3-5-11(15)16)14-12(17)10-4-2-6-13-10;/h9-10,13H,2-8H2,1H3,(H,14,17);1H/t9?,10-;/m0./s1. The summed E-state index contributed by atoms with van der Waals surface area (Å²) < 4.78 is 0. The lowest BCUT2D eigenvalue weighted by atomic mass is 10.2. The highest BCUT2D eigenvalue weighted by Gasteiger charge is 2.25. The predicted molar refractivity (Wildman–Crippen MR) is 71.7 cm³/mol. The monoisotopic (exact) mass is 275 g/mol. The van der Waals surface area contributed by atoms with Crippen LogP contribution >= 0.6 is 12.4 Å². The Hall–Kier alpha value is -0.810. The zero-order valence-electron chi connectivity index (χ0n) is 10.8. The fraction of sp³-hybridized carbons (Fsp3) is 0.833. The van der Waals surface area contributed by atoms with Crippen molar-refractivity contribution in [2.75, 3.05) is 19.6 Å². The van der Waals surface area contributed by atoms with Crippen LogP contribution in [0.25, 0.3) is 0 Å². The quantitative estimate of drug-likeness (QED) is 0.775. The highest BCUT2D eigenvalue weighted by molar-refractivity contribution is 5.85. The summed E-state index contributed by atoms with van der Waals surface area (Å²) in [7, 11) is 0. The van der Waals surface area contributed by atoms with Gasteiger partial charge in [-0.05, 0) is 32.7 Å². The summed E-state index contributed by atoms with van der Waals surface area (Å²) in [4.78, 5) is 25.1. The minimum atomic E-state index is -0.0354. The number of hydrogen-bond acceptors (Lipinski definition) is 3. The molecule has 2 rings (SSSR count). The minimum Gasteiger partial charge on any atom is -0.351 e. The lowest BCUT2D eigenvalue weighted by Crippen LogP contribution is -2.48. The molecule has 2 amide bonds. The van der Waals surface area contributed by atoms with Crippen molar-refractivity contribution >= 4 is 24.2 Å². The molecule has 2 N–H and O–H groups in total. The molecule has 104 valence electrons. The van der Waals surface area contributed by atoms with Crippen LogP contribution < -0.4 is 10.6 Å². The zero-order valence-corrected chi connectivity index (χ0v) is 11.6. The van der Waals surface area contributed by atoms with E-state index in [-0.39, 0.29) is 36.3 Å². The molecule has 6 heteroatoms. The van der Waals surface area contributed by atoms with Crippen LogP contribution in [0.5, 0.6) is 0 Å². The van der Waals surface area contributed by atoms with Crippen molar-refractivity contribution in [2.24, 2.45) is 0 Å². The first kappa shape index (κ1) is 15.2. The Balaban J connectivity index is 0.00000162. The van der Waals surface area contributed by atoms with Crippen molar-refractivity contribution in [3.63, 3.8) is 0 Å². The molecule has 2 aliphatic heterocycles. The van der Waals surface area contributed by atoms with E-state index in [2.05, 4.69) is 10.6 Å². The van der Waals surface area contributed by atoms with Gasteiger partial charge in [0.15, 0.2) is 0 Å². The Morgan fingerprint density at radius 2 is 2.33 bits per heavy atom. The number of rotatable bonds is 4. The van der Waals surface area contributed by atoms with Crippen molar-refractivity contribution < 1.29 is 9.59 Å². The first-order chi connectivity index (χ1) is 8.16. The maximum absolute atomic E-state index is 11.8. The van der Waals surface area contributed by atoms with Crippen molar-refractivity contribution in [3.05, 3.63) is 0 Å². The topological polar surface area (TPSA) is 61.4 Å². The number of nitrogens with one attached hydrogen (secondary N) is 2. The second kappa shape index (κ2) is 6.95. The first-order valence-corrected chi connectivity index (χ1v) is 6.48. The number of hydrogen-bond donors (Lipinski definition) is 2. The van der Waals surface area contributed by atoms with Crippen LogP contribution in [0.3, 0.4) is 0 Å². The van der Waals surface area contributed by atoms with Crippen LogP contribution in [0.1, 0.15) is 32.6 Å². The minimum absolute atomic E-state index is 0. The number of carbonyl (C=O) groups excluding carboxylic acids is 2. The normalized spacial score (nSPS) is 24.8. The van der Waals surface area contributed by atoms with E-state index in [4.69, 9.17) is 0 Å². The van der Waals surface area contributed by atoms with Gasteiger partial charge in [0.25, 0.3) is 0 Å². The average molecular weight is 276 g/mol. The van der Waals surface area contributed by atoms with Gasteiger partial charge in [-0.3, -0.25) is 9.59 Å². The Labute approximate surface area is 114 Å². The summed E-state index contributed by atoms with van der Waals surface area (Å²) in [5.41, 5.74) is 0. The van der Waals surface area contributed by atoms with Gasteiger partial charge in [0.1, 0.15) is 0 Å². The van der Waals surface area contributed by atoms with Gasteiger partial charge < -0.3 is 15.5 Å². The third-order valence-electron chi connectivity index (χ3n) is 3.43. The summed E-state index contributed by atoms with van der Waals surface area (Å²) in [5.74, 6) is 0.284. The van der Waals surface area contributed by atoms with Crippen molar-refractivity contribution in [1.29, 1.82) is 0 Å². The molecule has 0 aliphatic carbocycles. The SMILES string of the molecule is CC(CN1CCCC1=O)NC(=O)[C@@H]1CCCN1.Cl. The molecule has 1 unspecified atom stereocenters. The number of amides is 2. The molecular formula is C12H22ClN3O2. The van der Waals surface area contributed by atoms with E-state index in [0.717, 1.165) is 32.4 Å². The third-order valence-corrected chi connectivity index (χ3v) is 3.43. The maximum Gasteiger partial charge on any atom is 0.237 e. The molecule has 2 fully saturated rings. The largest absolute Gasteiger partial charge is 0.351 e. The smallest absolute Gasteiger partial charge is 0.237 e. The van der Waals surface area contributed by atoms with Gasteiger partial charge in [-0.15, -0.1) is 12.4 Å². The molecule has 0 aromatic carbocycles. The van der Waals surface area contributed by atoms with Crippen molar-refractivity contribution in [1.82, 2.24) is 15.5 Å². The highest BCUT2D eigenvalue weighted by atomic mass is 35.5. The van der Waals surface area contributed by atoms with Gasteiger partial charge in [-0.1, -0.05) is 0 Å². The van der Waals surface area contributed by atoms with E-state index in [1.807, 2.05) is 11.8 Å². The maximum atomic E-state index is 11.8. The molecule has 2 heterocycles.